The van der Waals surface area contributed by atoms with E-state index >= 15 is 0 Å². The van der Waals surface area contributed by atoms with E-state index in [2.05, 4.69) is 31.5 Å². The number of nitrogens with one attached hydrogen (secondary N) is 2. The van der Waals surface area contributed by atoms with Crippen molar-refractivity contribution in [3.05, 3.63) is 35.4 Å². The third-order valence-corrected chi connectivity index (χ3v) is 3.85. The topological polar surface area (TPSA) is 66.5 Å². The number of H-pyrrole nitrogens is 1. The van der Waals surface area contributed by atoms with Crippen molar-refractivity contribution in [1.82, 2.24) is 20.2 Å². The molecule has 2 N–H and O–H groups in total. The highest BCUT2D eigenvalue weighted by Gasteiger charge is 2.20. The molecule has 106 valence electrons. The molecule has 0 spiro atoms. The first-order valence-corrected chi connectivity index (χ1v) is 7.40. The molecule has 0 bridgehead atoms. The van der Waals surface area contributed by atoms with Crippen LogP contribution in [-0.2, 0) is 6.42 Å². The summed E-state index contributed by atoms with van der Waals surface area (Å²) in [4.78, 5) is 9.03. The smallest absolute Gasteiger partial charge is 0.242 e. The third kappa shape index (κ3) is 3.15. The molecule has 5 nitrogen and oxygen atoms in total. The van der Waals surface area contributed by atoms with Gasteiger partial charge >= 0.3 is 0 Å². The summed E-state index contributed by atoms with van der Waals surface area (Å²) in [6.07, 6.45) is 5.99. The first kappa shape index (κ1) is 13.1. The minimum atomic E-state index is 0.580. The molecular weight excluding hydrogens is 250 g/mol. The van der Waals surface area contributed by atoms with E-state index < -0.39 is 0 Å². The lowest BCUT2D eigenvalue weighted by atomic mass is 10.1. The fraction of sp³-hybridized carbons (Fsp3) is 0.533. The van der Waals surface area contributed by atoms with Crippen LogP contribution < -0.4 is 5.32 Å². The second kappa shape index (κ2) is 6.03. The maximum Gasteiger partial charge on any atom is 0.242 e. The zero-order valence-electron chi connectivity index (χ0n) is 11.9. The van der Waals surface area contributed by atoms with Gasteiger partial charge in [-0.1, -0.05) is 18.9 Å². The Morgan fingerprint density at radius 1 is 1.25 bits per heavy atom. The Bertz CT molecular complexity index is 557. The fourth-order valence-corrected chi connectivity index (χ4v) is 2.78. The molecule has 0 radical (unpaired) electrons. The first-order chi connectivity index (χ1) is 9.81. The summed E-state index contributed by atoms with van der Waals surface area (Å²) in [7, 11) is 0. The lowest BCUT2D eigenvalue weighted by molar-refractivity contribution is 0.672. The van der Waals surface area contributed by atoms with Crippen LogP contribution in [-0.4, -0.2) is 26.7 Å². The molecule has 0 aromatic carbocycles. The Kier molecular flexibility index (Phi) is 3.95. The zero-order chi connectivity index (χ0) is 13.8. The van der Waals surface area contributed by atoms with Gasteiger partial charge in [0, 0.05) is 30.3 Å². The van der Waals surface area contributed by atoms with Gasteiger partial charge in [0.2, 0.25) is 5.95 Å². The van der Waals surface area contributed by atoms with Crippen molar-refractivity contribution in [3.63, 3.8) is 0 Å². The van der Waals surface area contributed by atoms with E-state index in [4.69, 9.17) is 0 Å². The number of anilines is 1. The molecule has 0 unspecified atom stereocenters. The summed E-state index contributed by atoms with van der Waals surface area (Å²) in [5, 5.41) is 10.6. The Morgan fingerprint density at radius 3 is 2.90 bits per heavy atom. The van der Waals surface area contributed by atoms with E-state index in [0.717, 1.165) is 30.2 Å². The third-order valence-electron chi connectivity index (χ3n) is 3.85. The van der Waals surface area contributed by atoms with E-state index in [1.54, 1.807) is 0 Å². The molecule has 1 saturated carbocycles. The number of pyridine rings is 1. The molecule has 0 saturated heterocycles. The van der Waals surface area contributed by atoms with Gasteiger partial charge in [-0.05, 0) is 31.9 Å². The van der Waals surface area contributed by atoms with Crippen molar-refractivity contribution < 1.29 is 0 Å². The molecule has 2 heterocycles. The highest BCUT2D eigenvalue weighted by Crippen LogP contribution is 2.32. The molecular formula is C15H21N5. The average molecular weight is 271 g/mol. The normalized spacial score (nSPS) is 15.7. The average Bonchev–Trinajstić information content (AvgIpc) is 3.09. The molecule has 0 amide bonds. The van der Waals surface area contributed by atoms with Crippen LogP contribution in [0.25, 0.3) is 0 Å². The summed E-state index contributed by atoms with van der Waals surface area (Å²) < 4.78 is 0. The van der Waals surface area contributed by atoms with Crippen LogP contribution in [0.1, 0.15) is 48.8 Å². The monoisotopic (exact) mass is 271 g/mol. The van der Waals surface area contributed by atoms with Crippen LogP contribution in [0.2, 0.25) is 0 Å². The quantitative estimate of drug-likeness (QED) is 0.877. The minimum absolute atomic E-state index is 0.580. The molecule has 3 rings (SSSR count). The number of aryl methyl sites for hydroxylation is 1. The Hall–Kier alpha value is -1.91. The SMILES string of the molecule is Cc1cccc(CCNc2n[nH]c(C3CCCC3)n2)n1. The first-order valence-electron chi connectivity index (χ1n) is 7.40. The van der Waals surface area contributed by atoms with Crippen molar-refractivity contribution in [2.24, 2.45) is 0 Å². The fourth-order valence-electron chi connectivity index (χ4n) is 2.78. The highest BCUT2D eigenvalue weighted by atomic mass is 15.3. The van der Waals surface area contributed by atoms with Crippen molar-refractivity contribution in [3.8, 4) is 0 Å². The number of aromatic nitrogens is 4. The van der Waals surface area contributed by atoms with Crippen molar-refractivity contribution in [1.29, 1.82) is 0 Å². The van der Waals surface area contributed by atoms with Crippen molar-refractivity contribution >= 4 is 5.95 Å². The second-order valence-electron chi connectivity index (χ2n) is 5.47. The predicted octanol–water partition coefficient (Wildman–Crippen LogP) is 2.82. The standard InChI is InChI=1S/C15H21N5/c1-11-5-4-8-13(17-11)9-10-16-15-18-14(19-20-15)12-6-2-3-7-12/h4-5,8,12H,2-3,6-7,9-10H2,1H3,(H2,16,18,19,20). The van der Waals surface area contributed by atoms with E-state index in [-0.39, 0.29) is 0 Å². The van der Waals surface area contributed by atoms with Gasteiger partial charge in [0.15, 0.2) is 0 Å². The summed E-state index contributed by atoms with van der Waals surface area (Å²) in [6.45, 7) is 2.82. The Labute approximate surface area is 119 Å². The van der Waals surface area contributed by atoms with Crippen LogP contribution in [0.4, 0.5) is 5.95 Å². The molecule has 1 fully saturated rings. The number of rotatable bonds is 5. The maximum absolute atomic E-state index is 4.54. The lowest BCUT2D eigenvalue weighted by Gasteiger charge is -2.03. The van der Waals surface area contributed by atoms with Gasteiger partial charge in [0.1, 0.15) is 5.82 Å². The molecule has 20 heavy (non-hydrogen) atoms. The molecule has 5 heteroatoms. The predicted molar refractivity (Wildman–Crippen MR) is 78.8 cm³/mol. The Balaban J connectivity index is 1.51. The van der Waals surface area contributed by atoms with E-state index in [1.807, 2.05) is 19.1 Å². The summed E-state index contributed by atoms with van der Waals surface area (Å²) in [5.41, 5.74) is 2.16. The van der Waals surface area contributed by atoms with Crippen LogP contribution in [0.5, 0.6) is 0 Å². The van der Waals surface area contributed by atoms with Gasteiger partial charge in [0.25, 0.3) is 0 Å². The van der Waals surface area contributed by atoms with Crippen molar-refractivity contribution in [2.45, 2.75) is 44.9 Å². The molecule has 1 aliphatic rings. The van der Waals surface area contributed by atoms with Crippen molar-refractivity contribution in [2.75, 3.05) is 11.9 Å². The maximum atomic E-state index is 4.54. The van der Waals surface area contributed by atoms with E-state index in [9.17, 15) is 0 Å². The van der Waals surface area contributed by atoms with E-state index in [1.165, 1.54) is 25.7 Å². The van der Waals surface area contributed by atoms with Crippen LogP contribution in [0.3, 0.4) is 0 Å². The Morgan fingerprint density at radius 2 is 2.10 bits per heavy atom. The number of aromatic amines is 1. The summed E-state index contributed by atoms with van der Waals surface area (Å²) in [5.74, 6) is 2.33. The van der Waals surface area contributed by atoms with Gasteiger partial charge in [-0.2, -0.15) is 4.98 Å². The van der Waals surface area contributed by atoms with Gasteiger partial charge in [-0.3, -0.25) is 10.1 Å². The molecule has 1 aliphatic carbocycles. The largest absolute Gasteiger partial charge is 0.353 e. The number of nitrogens with zero attached hydrogens (tertiary/aromatic N) is 3. The second-order valence-corrected chi connectivity index (χ2v) is 5.47. The van der Waals surface area contributed by atoms with Gasteiger partial charge in [-0.25, -0.2) is 0 Å². The number of hydrogen-bond acceptors (Lipinski definition) is 4. The highest BCUT2D eigenvalue weighted by molar-refractivity contribution is 5.24. The summed E-state index contributed by atoms with van der Waals surface area (Å²) >= 11 is 0. The lowest BCUT2D eigenvalue weighted by Crippen LogP contribution is -2.07. The zero-order valence-corrected chi connectivity index (χ0v) is 11.9. The van der Waals surface area contributed by atoms with Gasteiger partial charge < -0.3 is 5.32 Å². The minimum Gasteiger partial charge on any atom is -0.353 e. The van der Waals surface area contributed by atoms with Crippen LogP contribution >= 0.6 is 0 Å². The van der Waals surface area contributed by atoms with Gasteiger partial charge in [-0.15, -0.1) is 5.10 Å². The van der Waals surface area contributed by atoms with Crippen LogP contribution in [0.15, 0.2) is 18.2 Å². The molecule has 0 atom stereocenters. The summed E-state index contributed by atoms with van der Waals surface area (Å²) in [6, 6.07) is 6.11. The van der Waals surface area contributed by atoms with Gasteiger partial charge in [0.05, 0.1) is 0 Å². The molecule has 2 aromatic rings. The molecule has 0 aliphatic heterocycles. The van der Waals surface area contributed by atoms with E-state index in [0.29, 0.717) is 11.9 Å². The molecule has 2 aromatic heterocycles. The number of hydrogen-bond donors (Lipinski definition) is 2. The van der Waals surface area contributed by atoms with Crippen LogP contribution in [0, 0.1) is 6.92 Å².